The zero-order valence-corrected chi connectivity index (χ0v) is 8.02. The van der Waals surface area contributed by atoms with E-state index in [1.807, 2.05) is 0 Å². The molecule has 0 rings (SSSR count). The molecule has 1 amide bonds. The third-order valence-electron chi connectivity index (χ3n) is 1.42. The average Bonchev–Trinajstić information content (AvgIpc) is 2.13. The van der Waals surface area contributed by atoms with Crippen LogP contribution in [0.4, 0.5) is 22.0 Å². The summed E-state index contributed by atoms with van der Waals surface area (Å²) in [5.74, 6) is -0.987. The summed E-state index contributed by atoms with van der Waals surface area (Å²) >= 11 is 0. The molecule has 0 saturated carbocycles. The second-order valence-corrected chi connectivity index (χ2v) is 2.92. The predicted molar refractivity (Wildman–Crippen MR) is 43.9 cm³/mol. The number of carbonyl (C=O) groups excluding carboxylic acids is 1. The lowest BCUT2D eigenvalue weighted by atomic mass is 10.3. The Kier molecular flexibility index (Phi) is 6.19. The van der Waals surface area contributed by atoms with Gasteiger partial charge in [-0.05, 0) is 0 Å². The monoisotopic (exact) mass is 250 g/mol. The second-order valence-electron chi connectivity index (χ2n) is 2.92. The van der Waals surface area contributed by atoms with E-state index in [2.05, 4.69) is 5.32 Å². The number of rotatable bonds is 6. The molecule has 1 atom stereocenters. The Morgan fingerprint density at radius 3 is 2.31 bits per heavy atom. The summed E-state index contributed by atoms with van der Waals surface area (Å²) in [6.45, 7) is -2.62. The summed E-state index contributed by atoms with van der Waals surface area (Å²) < 4.78 is 58.2. The summed E-state index contributed by atoms with van der Waals surface area (Å²) in [7, 11) is 0. The first kappa shape index (κ1) is 15.0. The van der Waals surface area contributed by atoms with E-state index in [0.717, 1.165) is 0 Å². The van der Waals surface area contributed by atoms with Crippen LogP contribution in [0.1, 0.15) is 0 Å². The highest BCUT2D eigenvalue weighted by Gasteiger charge is 2.27. The molecule has 9 heteroatoms. The van der Waals surface area contributed by atoms with Crippen molar-refractivity contribution < 1.29 is 31.9 Å². The van der Waals surface area contributed by atoms with Gasteiger partial charge in [0.15, 0.2) is 0 Å². The van der Waals surface area contributed by atoms with E-state index in [0.29, 0.717) is 0 Å². The minimum absolute atomic E-state index is 0.570. The van der Waals surface area contributed by atoms with Crippen molar-refractivity contribution in [1.29, 1.82) is 0 Å². The van der Waals surface area contributed by atoms with Crippen molar-refractivity contribution in [1.82, 2.24) is 10.6 Å². The van der Waals surface area contributed by atoms with Gasteiger partial charge < -0.3 is 15.7 Å². The lowest BCUT2D eigenvalue weighted by Gasteiger charge is -2.11. The van der Waals surface area contributed by atoms with Gasteiger partial charge in [-0.15, -0.1) is 0 Å². The third-order valence-corrected chi connectivity index (χ3v) is 1.42. The van der Waals surface area contributed by atoms with Crippen molar-refractivity contribution in [3.63, 3.8) is 0 Å². The van der Waals surface area contributed by atoms with E-state index in [1.54, 1.807) is 0 Å². The molecule has 0 bridgehead atoms. The normalized spacial score (nSPS) is 13.9. The van der Waals surface area contributed by atoms with Crippen LogP contribution in [0.5, 0.6) is 0 Å². The fourth-order valence-corrected chi connectivity index (χ4v) is 0.684. The maximum Gasteiger partial charge on any atom is 0.405 e. The highest BCUT2D eigenvalue weighted by Crippen LogP contribution is 2.11. The number of hydrogen-bond donors (Lipinski definition) is 3. The van der Waals surface area contributed by atoms with Crippen molar-refractivity contribution >= 4 is 5.91 Å². The lowest BCUT2D eigenvalue weighted by molar-refractivity contribution is -0.138. The molecular weight excluding hydrogens is 239 g/mol. The molecule has 0 aromatic carbocycles. The van der Waals surface area contributed by atoms with Crippen LogP contribution in [-0.4, -0.2) is 49.4 Å². The Hall–Kier alpha value is -0.960. The van der Waals surface area contributed by atoms with Crippen LogP contribution in [0, 0.1) is 0 Å². The topological polar surface area (TPSA) is 61.4 Å². The van der Waals surface area contributed by atoms with Crippen LogP contribution in [-0.2, 0) is 4.79 Å². The molecule has 0 heterocycles. The zero-order valence-electron chi connectivity index (χ0n) is 8.02. The SMILES string of the molecule is O=C(CNCC(O)C(F)F)NCC(F)(F)F. The smallest absolute Gasteiger partial charge is 0.386 e. The molecule has 0 aliphatic carbocycles. The van der Waals surface area contributed by atoms with E-state index >= 15 is 0 Å². The molecule has 0 aliphatic rings. The number of hydrogen-bond acceptors (Lipinski definition) is 3. The summed E-state index contributed by atoms with van der Waals surface area (Å²) in [4.78, 5) is 10.7. The maximum atomic E-state index is 11.7. The molecular formula is C7H11F5N2O2. The van der Waals surface area contributed by atoms with Crippen molar-refractivity contribution in [2.24, 2.45) is 0 Å². The molecule has 0 aromatic heterocycles. The highest BCUT2D eigenvalue weighted by atomic mass is 19.4. The molecule has 4 nitrogen and oxygen atoms in total. The number of amides is 1. The average molecular weight is 250 g/mol. The van der Waals surface area contributed by atoms with Gasteiger partial charge in [0.1, 0.15) is 12.6 Å². The van der Waals surface area contributed by atoms with Crippen molar-refractivity contribution in [3.05, 3.63) is 0 Å². The van der Waals surface area contributed by atoms with Crippen LogP contribution in [0.25, 0.3) is 0 Å². The number of aliphatic hydroxyl groups excluding tert-OH is 1. The van der Waals surface area contributed by atoms with Crippen molar-refractivity contribution in [3.8, 4) is 0 Å². The van der Waals surface area contributed by atoms with Gasteiger partial charge in [-0.25, -0.2) is 8.78 Å². The van der Waals surface area contributed by atoms with E-state index in [-0.39, 0.29) is 0 Å². The van der Waals surface area contributed by atoms with E-state index in [4.69, 9.17) is 5.11 Å². The van der Waals surface area contributed by atoms with Gasteiger partial charge in [-0.1, -0.05) is 0 Å². The van der Waals surface area contributed by atoms with Crippen molar-refractivity contribution in [2.75, 3.05) is 19.6 Å². The molecule has 0 saturated heterocycles. The lowest BCUT2D eigenvalue weighted by Crippen LogP contribution is -2.42. The first-order valence-electron chi connectivity index (χ1n) is 4.23. The fourth-order valence-electron chi connectivity index (χ4n) is 0.684. The largest absolute Gasteiger partial charge is 0.405 e. The molecule has 0 spiro atoms. The van der Waals surface area contributed by atoms with E-state index in [9.17, 15) is 26.7 Å². The first-order chi connectivity index (χ1) is 7.22. The van der Waals surface area contributed by atoms with Crippen LogP contribution < -0.4 is 10.6 Å². The standard InChI is InChI=1S/C7H11F5N2O2/c8-6(9)4(15)1-13-2-5(16)14-3-7(10,11)12/h4,6,13,15H,1-3H2,(H,14,16). The van der Waals surface area contributed by atoms with Crippen LogP contribution in [0.3, 0.4) is 0 Å². The molecule has 0 radical (unpaired) electrons. The summed E-state index contributed by atoms with van der Waals surface area (Å²) in [6, 6.07) is 0. The van der Waals surface area contributed by atoms with Crippen molar-refractivity contribution in [2.45, 2.75) is 18.7 Å². The Bertz CT molecular complexity index is 221. The van der Waals surface area contributed by atoms with Gasteiger partial charge >= 0.3 is 6.18 Å². The molecule has 96 valence electrons. The molecule has 1 unspecified atom stereocenters. The molecule has 16 heavy (non-hydrogen) atoms. The Labute approximate surface area is 87.8 Å². The fraction of sp³-hybridized carbons (Fsp3) is 0.857. The highest BCUT2D eigenvalue weighted by molar-refractivity contribution is 5.77. The van der Waals surface area contributed by atoms with Gasteiger partial charge in [-0.2, -0.15) is 13.2 Å². The summed E-state index contributed by atoms with van der Waals surface area (Å²) in [5, 5.41) is 12.2. The maximum absolute atomic E-state index is 11.7. The van der Waals surface area contributed by atoms with Gasteiger partial charge in [0.25, 0.3) is 6.43 Å². The number of carbonyl (C=O) groups is 1. The van der Waals surface area contributed by atoms with Gasteiger partial charge in [0.2, 0.25) is 5.91 Å². The summed E-state index contributed by atoms with van der Waals surface area (Å²) in [5.41, 5.74) is 0. The second kappa shape index (κ2) is 6.59. The minimum atomic E-state index is -4.52. The van der Waals surface area contributed by atoms with E-state index < -0.39 is 44.2 Å². The molecule has 0 aromatic rings. The number of aliphatic hydroxyl groups is 1. The molecule has 0 fully saturated rings. The van der Waals surface area contributed by atoms with Gasteiger partial charge in [-0.3, -0.25) is 4.79 Å². The third kappa shape index (κ3) is 8.36. The van der Waals surface area contributed by atoms with Crippen LogP contribution in [0.2, 0.25) is 0 Å². The molecule has 0 aliphatic heterocycles. The van der Waals surface area contributed by atoms with Gasteiger partial charge in [0, 0.05) is 6.54 Å². The Balaban J connectivity index is 3.59. The van der Waals surface area contributed by atoms with Gasteiger partial charge in [0.05, 0.1) is 6.54 Å². The van der Waals surface area contributed by atoms with Crippen LogP contribution in [0.15, 0.2) is 0 Å². The number of halogens is 5. The minimum Gasteiger partial charge on any atom is -0.386 e. The zero-order chi connectivity index (χ0) is 12.8. The Morgan fingerprint density at radius 1 is 1.31 bits per heavy atom. The van der Waals surface area contributed by atoms with E-state index in [1.165, 1.54) is 5.32 Å². The predicted octanol–water partition coefficient (Wildman–Crippen LogP) is -0.120. The molecule has 3 N–H and O–H groups in total. The quantitative estimate of drug-likeness (QED) is 0.576. The first-order valence-corrected chi connectivity index (χ1v) is 4.23. The number of nitrogens with one attached hydrogen (secondary N) is 2. The van der Waals surface area contributed by atoms with Crippen LogP contribution >= 0.6 is 0 Å². The summed E-state index contributed by atoms with van der Waals surface area (Å²) in [6.07, 6.45) is -9.43. The Morgan fingerprint density at radius 2 is 1.88 bits per heavy atom. The number of alkyl halides is 5.